The minimum atomic E-state index is -0.311. The summed E-state index contributed by atoms with van der Waals surface area (Å²) in [6.07, 6.45) is 11.0. The van der Waals surface area contributed by atoms with Crippen molar-refractivity contribution in [3.63, 3.8) is 0 Å². The number of piperidine rings is 1. The second kappa shape index (κ2) is 6.65. The average Bonchev–Trinajstić information content (AvgIpc) is 2.45. The first-order valence-corrected chi connectivity index (χ1v) is 10.1. The van der Waals surface area contributed by atoms with Crippen LogP contribution in [0.4, 0.5) is 0 Å². The molecule has 1 N–H and O–H groups in total. The third-order valence-corrected chi connectivity index (χ3v) is 7.09. The maximum absolute atomic E-state index is 10.3. The minimum Gasteiger partial charge on any atom is -0.389 e. The van der Waals surface area contributed by atoms with Gasteiger partial charge in [0.1, 0.15) is 0 Å². The van der Waals surface area contributed by atoms with E-state index < -0.39 is 0 Å². The number of nitrogens with zero attached hydrogens (tertiary/aromatic N) is 1. The van der Waals surface area contributed by atoms with E-state index in [-0.39, 0.29) is 6.10 Å². The molecule has 2 unspecified atom stereocenters. The summed E-state index contributed by atoms with van der Waals surface area (Å²) in [6, 6.07) is 0. The van der Waals surface area contributed by atoms with Crippen molar-refractivity contribution in [1.82, 2.24) is 4.90 Å². The van der Waals surface area contributed by atoms with Crippen LogP contribution in [0.25, 0.3) is 0 Å². The van der Waals surface area contributed by atoms with Crippen LogP contribution in [0.3, 0.4) is 0 Å². The zero-order chi connectivity index (χ0) is 15.9. The number of rotatable bonds is 6. The highest BCUT2D eigenvalue weighted by Crippen LogP contribution is 2.60. The van der Waals surface area contributed by atoms with Gasteiger partial charge in [-0.15, -0.1) is 0 Å². The summed E-state index contributed by atoms with van der Waals surface area (Å²) >= 11 is 0. The molecule has 0 aromatic rings. The van der Waals surface area contributed by atoms with Crippen molar-refractivity contribution in [1.29, 1.82) is 0 Å². The maximum Gasteiger partial charge on any atom is 0.0900 e. The molecule has 23 heavy (non-hydrogen) atoms. The summed E-state index contributed by atoms with van der Waals surface area (Å²) in [5.41, 5.74) is 0.480. The van der Waals surface area contributed by atoms with Gasteiger partial charge in [0, 0.05) is 13.1 Å². The fourth-order valence-corrected chi connectivity index (χ4v) is 6.68. The van der Waals surface area contributed by atoms with Gasteiger partial charge < -0.3 is 14.7 Å². The molecule has 5 rings (SSSR count). The van der Waals surface area contributed by atoms with E-state index in [0.717, 1.165) is 49.9 Å². The van der Waals surface area contributed by atoms with E-state index in [0.29, 0.717) is 12.0 Å². The van der Waals surface area contributed by atoms with Crippen LogP contribution in [0.2, 0.25) is 0 Å². The molecule has 3 nitrogen and oxygen atoms in total. The highest BCUT2D eigenvalue weighted by atomic mass is 16.5. The molecule has 5 aliphatic rings. The van der Waals surface area contributed by atoms with Crippen LogP contribution >= 0.6 is 0 Å². The summed E-state index contributed by atoms with van der Waals surface area (Å²) in [5.74, 6) is 3.75. The third kappa shape index (κ3) is 3.77. The monoisotopic (exact) mass is 321 g/mol. The second-order valence-electron chi connectivity index (χ2n) is 9.59. The Morgan fingerprint density at radius 3 is 2.39 bits per heavy atom. The predicted molar refractivity (Wildman–Crippen MR) is 92.3 cm³/mol. The summed E-state index contributed by atoms with van der Waals surface area (Å²) in [4.78, 5) is 2.42. The van der Waals surface area contributed by atoms with Crippen LogP contribution in [0.15, 0.2) is 0 Å². The largest absolute Gasteiger partial charge is 0.389 e. The van der Waals surface area contributed by atoms with Gasteiger partial charge in [0.05, 0.1) is 19.3 Å². The molecule has 3 heteroatoms. The molecule has 0 aromatic carbocycles. The van der Waals surface area contributed by atoms with E-state index >= 15 is 0 Å². The molecule has 0 aromatic heterocycles. The molecule has 4 aliphatic carbocycles. The van der Waals surface area contributed by atoms with E-state index in [4.69, 9.17) is 4.74 Å². The smallest absolute Gasteiger partial charge is 0.0900 e. The molecule has 5 fully saturated rings. The Kier molecular flexibility index (Phi) is 4.73. The van der Waals surface area contributed by atoms with Gasteiger partial charge in [0.25, 0.3) is 0 Å². The summed E-state index contributed by atoms with van der Waals surface area (Å²) in [6.45, 7) is 6.85. The molecule has 1 heterocycles. The summed E-state index contributed by atoms with van der Waals surface area (Å²) in [7, 11) is 0. The van der Waals surface area contributed by atoms with Gasteiger partial charge in [0.2, 0.25) is 0 Å². The Balaban J connectivity index is 1.21. The van der Waals surface area contributed by atoms with Crippen LogP contribution in [-0.2, 0) is 4.74 Å². The minimum absolute atomic E-state index is 0.311. The molecule has 4 bridgehead atoms. The lowest BCUT2D eigenvalue weighted by Gasteiger charge is -2.56. The van der Waals surface area contributed by atoms with Crippen molar-refractivity contribution in [2.75, 3.05) is 32.8 Å². The van der Waals surface area contributed by atoms with Crippen LogP contribution < -0.4 is 0 Å². The Hall–Kier alpha value is -0.120. The number of aliphatic hydroxyl groups excluding tert-OH is 1. The van der Waals surface area contributed by atoms with Gasteiger partial charge in [-0.25, -0.2) is 0 Å². The maximum atomic E-state index is 10.3. The fraction of sp³-hybridized carbons (Fsp3) is 1.00. The molecule has 4 saturated carbocycles. The van der Waals surface area contributed by atoms with E-state index in [9.17, 15) is 5.11 Å². The molecular formula is C20H35NO2. The molecule has 0 spiro atoms. The van der Waals surface area contributed by atoms with Crippen molar-refractivity contribution in [2.24, 2.45) is 29.1 Å². The predicted octanol–water partition coefficient (Wildman–Crippen LogP) is 3.31. The molecule has 132 valence electrons. The molecule has 0 radical (unpaired) electrons. The number of β-amino-alcohol motifs (C(OH)–C–C–N with tert-alkyl or cyclic N) is 1. The molecule has 2 atom stereocenters. The number of ether oxygens (including phenoxy) is 1. The van der Waals surface area contributed by atoms with Crippen molar-refractivity contribution >= 4 is 0 Å². The van der Waals surface area contributed by atoms with Gasteiger partial charge in [-0.2, -0.15) is 0 Å². The molecule has 1 saturated heterocycles. The highest BCUT2D eigenvalue weighted by molar-refractivity contribution is 5.01. The number of hydrogen-bond donors (Lipinski definition) is 1. The van der Waals surface area contributed by atoms with Crippen molar-refractivity contribution < 1.29 is 9.84 Å². The zero-order valence-electron chi connectivity index (χ0n) is 14.9. The van der Waals surface area contributed by atoms with Gasteiger partial charge in [-0.05, 0) is 87.0 Å². The standard InChI is InChI=1S/C20H35NO2/c1-15-3-2-4-21(11-15)12-19(22)13-23-14-20-8-16-5-17(9-20)7-18(6-16)10-20/h15-19,22H,2-14H2,1H3. The number of hydrogen-bond acceptors (Lipinski definition) is 3. The Morgan fingerprint density at radius 1 is 1.13 bits per heavy atom. The van der Waals surface area contributed by atoms with Crippen LogP contribution in [0.1, 0.15) is 58.3 Å². The lowest BCUT2D eigenvalue weighted by molar-refractivity contribution is -0.107. The zero-order valence-corrected chi connectivity index (χ0v) is 14.9. The first-order chi connectivity index (χ1) is 11.1. The lowest BCUT2D eigenvalue weighted by Crippen LogP contribution is -2.48. The van der Waals surface area contributed by atoms with E-state index in [2.05, 4.69) is 11.8 Å². The molecular weight excluding hydrogens is 286 g/mol. The van der Waals surface area contributed by atoms with E-state index in [1.807, 2.05) is 0 Å². The lowest BCUT2D eigenvalue weighted by atomic mass is 9.50. The summed E-state index contributed by atoms with van der Waals surface area (Å²) in [5, 5.41) is 10.3. The average molecular weight is 322 g/mol. The topological polar surface area (TPSA) is 32.7 Å². The van der Waals surface area contributed by atoms with Crippen LogP contribution in [-0.4, -0.2) is 49.0 Å². The first kappa shape index (κ1) is 16.4. The first-order valence-electron chi connectivity index (χ1n) is 10.1. The van der Waals surface area contributed by atoms with Crippen molar-refractivity contribution in [2.45, 2.75) is 64.4 Å². The molecule has 0 amide bonds. The van der Waals surface area contributed by atoms with Crippen LogP contribution in [0.5, 0.6) is 0 Å². The van der Waals surface area contributed by atoms with Gasteiger partial charge in [-0.3, -0.25) is 0 Å². The quantitative estimate of drug-likeness (QED) is 0.814. The number of aliphatic hydroxyl groups is 1. The second-order valence-corrected chi connectivity index (χ2v) is 9.59. The fourth-order valence-electron chi connectivity index (χ4n) is 6.68. The van der Waals surface area contributed by atoms with E-state index in [1.165, 1.54) is 51.4 Å². The third-order valence-electron chi connectivity index (χ3n) is 7.09. The van der Waals surface area contributed by atoms with Gasteiger partial charge in [-0.1, -0.05) is 6.92 Å². The van der Waals surface area contributed by atoms with Gasteiger partial charge in [0.15, 0.2) is 0 Å². The summed E-state index contributed by atoms with van der Waals surface area (Å²) < 4.78 is 6.07. The SMILES string of the molecule is CC1CCCN(CC(O)COCC23CC4CC(CC(C4)C2)C3)C1. The Bertz CT molecular complexity index is 375. The normalized spacial score (nSPS) is 44.6. The van der Waals surface area contributed by atoms with Crippen molar-refractivity contribution in [3.8, 4) is 0 Å². The van der Waals surface area contributed by atoms with Crippen molar-refractivity contribution in [3.05, 3.63) is 0 Å². The molecule has 1 aliphatic heterocycles. The highest BCUT2D eigenvalue weighted by Gasteiger charge is 2.50. The van der Waals surface area contributed by atoms with Crippen LogP contribution in [0, 0.1) is 29.1 Å². The Labute approximate surface area is 141 Å². The Morgan fingerprint density at radius 2 is 1.78 bits per heavy atom. The van der Waals surface area contributed by atoms with E-state index in [1.54, 1.807) is 0 Å². The number of likely N-dealkylation sites (tertiary alicyclic amines) is 1. The van der Waals surface area contributed by atoms with Gasteiger partial charge >= 0.3 is 0 Å².